The molecule has 16 heavy (non-hydrogen) atoms. The maximum Gasteiger partial charge on any atom is 0.150 e. The minimum absolute atomic E-state index is 0.147. The van der Waals surface area contributed by atoms with Crippen LogP contribution in [0.15, 0.2) is 0 Å². The molecule has 2 saturated heterocycles. The lowest BCUT2D eigenvalue weighted by Crippen LogP contribution is -2.62. The van der Waals surface area contributed by atoms with Crippen molar-refractivity contribution in [3.63, 3.8) is 0 Å². The number of methoxy groups -OCH3 is 2. The molecule has 0 aromatic heterocycles. The topological polar surface area (TPSA) is 36.9 Å². The lowest BCUT2D eigenvalue weighted by atomic mass is 9.79. The van der Waals surface area contributed by atoms with Crippen molar-refractivity contribution in [2.75, 3.05) is 14.2 Å². The zero-order valence-electron chi connectivity index (χ0n) is 10.5. The summed E-state index contributed by atoms with van der Waals surface area (Å²) in [6.45, 7) is 5.93. The summed E-state index contributed by atoms with van der Waals surface area (Å²) in [7, 11) is 9.21. The van der Waals surface area contributed by atoms with Gasteiger partial charge in [-0.1, -0.05) is 0 Å². The van der Waals surface area contributed by atoms with E-state index in [1.807, 2.05) is 20.8 Å². The molecule has 0 amide bonds. The molecule has 0 aromatic carbocycles. The molecular formula is C11H19BO4. The molecule has 2 rings (SSSR count). The maximum absolute atomic E-state index is 5.93. The van der Waals surface area contributed by atoms with E-state index in [1.165, 1.54) is 0 Å². The third kappa shape index (κ3) is 1.26. The van der Waals surface area contributed by atoms with Crippen molar-refractivity contribution in [3.05, 3.63) is 0 Å². The first kappa shape index (κ1) is 12.4. The standard InChI is InChI=1S/C11H19BO4/c1-6(13-4)11-8(14-5)7(9(12)16-11)15-10(11,2)3/h6-9H,1-5H3/t6?,7-,8?,9+,11+/m0/s1. The Kier molecular flexibility index (Phi) is 2.86. The first-order valence-corrected chi connectivity index (χ1v) is 5.57. The normalized spacial score (nSPS) is 47.2. The quantitative estimate of drug-likeness (QED) is 0.656. The van der Waals surface area contributed by atoms with Crippen molar-refractivity contribution in [2.45, 2.75) is 56.3 Å². The first-order chi connectivity index (χ1) is 7.40. The molecule has 2 fully saturated rings. The van der Waals surface area contributed by atoms with Crippen LogP contribution in [0.5, 0.6) is 0 Å². The molecular weight excluding hydrogens is 207 g/mol. The van der Waals surface area contributed by atoms with E-state index in [-0.39, 0.29) is 18.3 Å². The molecule has 0 saturated carbocycles. The van der Waals surface area contributed by atoms with Gasteiger partial charge >= 0.3 is 0 Å². The number of fused-ring (bicyclic) bond motifs is 2. The highest BCUT2D eigenvalue weighted by Gasteiger charge is 2.71. The molecule has 0 aliphatic carbocycles. The Morgan fingerprint density at radius 3 is 2.38 bits per heavy atom. The number of hydrogen-bond acceptors (Lipinski definition) is 4. The molecule has 0 spiro atoms. The summed E-state index contributed by atoms with van der Waals surface area (Å²) < 4.78 is 22.8. The molecule has 2 bridgehead atoms. The van der Waals surface area contributed by atoms with Gasteiger partial charge < -0.3 is 18.9 Å². The highest BCUT2D eigenvalue weighted by molar-refractivity contribution is 6.11. The Hall–Kier alpha value is -0.0951. The minimum atomic E-state index is -0.638. The second-order valence-corrected chi connectivity index (χ2v) is 5.00. The van der Waals surface area contributed by atoms with E-state index < -0.39 is 17.2 Å². The van der Waals surface area contributed by atoms with Crippen LogP contribution in [0, 0.1) is 0 Å². The molecule has 5 heteroatoms. The highest BCUT2D eigenvalue weighted by Crippen LogP contribution is 2.53. The van der Waals surface area contributed by atoms with Gasteiger partial charge in [-0.15, -0.1) is 0 Å². The summed E-state index contributed by atoms with van der Waals surface area (Å²) in [6, 6.07) is -0.449. The predicted octanol–water partition coefficient (Wildman–Crippen LogP) is 0.477. The van der Waals surface area contributed by atoms with Gasteiger partial charge in [0.05, 0.1) is 11.7 Å². The van der Waals surface area contributed by atoms with E-state index in [2.05, 4.69) is 0 Å². The second-order valence-electron chi connectivity index (χ2n) is 5.00. The lowest BCUT2D eigenvalue weighted by Gasteiger charge is -2.46. The van der Waals surface area contributed by atoms with Gasteiger partial charge in [0.25, 0.3) is 0 Å². The lowest BCUT2D eigenvalue weighted by molar-refractivity contribution is -0.244. The van der Waals surface area contributed by atoms with E-state index in [1.54, 1.807) is 14.2 Å². The summed E-state index contributed by atoms with van der Waals surface area (Å²) in [5, 5.41) is 0. The van der Waals surface area contributed by atoms with E-state index in [9.17, 15) is 0 Å². The maximum atomic E-state index is 5.93. The van der Waals surface area contributed by atoms with Crippen molar-refractivity contribution in [1.82, 2.24) is 0 Å². The van der Waals surface area contributed by atoms with Gasteiger partial charge in [0.1, 0.15) is 20.1 Å². The van der Waals surface area contributed by atoms with E-state index >= 15 is 0 Å². The van der Waals surface area contributed by atoms with Gasteiger partial charge in [-0.25, -0.2) is 0 Å². The van der Waals surface area contributed by atoms with Gasteiger partial charge in [-0.3, -0.25) is 0 Å². The van der Waals surface area contributed by atoms with Crippen LogP contribution >= 0.6 is 0 Å². The Balaban J connectivity index is 2.43. The predicted molar refractivity (Wildman–Crippen MR) is 59.6 cm³/mol. The largest absolute Gasteiger partial charge is 0.379 e. The third-order valence-corrected chi connectivity index (χ3v) is 3.96. The second kappa shape index (κ2) is 3.70. The third-order valence-electron chi connectivity index (χ3n) is 3.96. The van der Waals surface area contributed by atoms with Crippen molar-refractivity contribution in [1.29, 1.82) is 0 Å². The molecule has 90 valence electrons. The smallest absolute Gasteiger partial charge is 0.150 e. The van der Waals surface area contributed by atoms with Crippen LogP contribution in [0.25, 0.3) is 0 Å². The summed E-state index contributed by atoms with van der Waals surface area (Å²) in [5.74, 6) is 0. The van der Waals surface area contributed by atoms with E-state index in [4.69, 9.17) is 26.8 Å². The minimum Gasteiger partial charge on any atom is -0.379 e. The van der Waals surface area contributed by atoms with Gasteiger partial charge in [0, 0.05) is 20.2 Å². The molecule has 0 N–H and O–H groups in total. The SMILES string of the molecule is [B][C@@H]1O[C@]2(C(C)OC)C(OC)[C@@H]1OC2(C)C. The van der Waals surface area contributed by atoms with Gasteiger partial charge in [-0.2, -0.15) is 0 Å². The zero-order chi connectivity index (χ0) is 12.1. The van der Waals surface area contributed by atoms with Crippen LogP contribution < -0.4 is 0 Å². The first-order valence-electron chi connectivity index (χ1n) is 5.57. The molecule has 2 unspecified atom stereocenters. The van der Waals surface area contributed by atoms with Crippen LogP contribution in [0.3, 0.4) is 0 Å². The molecule has 2 heterocycles. The summed E-state index contributed by atoms with van der Waals surface area (Å²) >= 11 is 0. The van der Waals surface area contributed by atoms with Crippen LogP contribution in [-0.4, -0.2) is 57.6 Å². The van der Waals surface area contributed by atoms with E-state index in [0.29, 0.717) is 0 Å². The molecule has 4 nitrogen and oxygen atoms in total. The average Bonchev–Trinajstić information content (AvgIpc) is 2.62. The van der Waals surface area contributed by atoms with Crippen molar-refractivity contribution in [3.8, 4) is 0 Å². The Morgan fingerprint density at radius 2 is 1.88 bits per heavy atom. The van der Waals surface area contributed by atoms with E-state index in [0.717, 1.165) is 0 Å². The van der Waals surface area contributed by atoms with Gasteiger partial charge in [0.15, 0.2) is 5.60 Å². The Labute approximate surface area is 98.0 Å². The summed E-state index contributed by atoms with van der Waals surface area (Å²) in [4.78, 5) is 0. The van der Waals surface area contributed by atoms with Crippen molar-refractivity contribution in [2.24, 2.45) is 0 Å². The van der Waals surface area contributed by atoms with Crippen molar-refractivity contribution < 1.29 is 18.9 Å². The Morgan fingerprint density at radius 1 is 1.25 bits per heavy atom. The fourth-order valence-electron chi connectivity index (χ4n) is 3.12. The molecule has 5 atom stereocenters. The van der Waals surface area contributed by atoms with Crippen LogP contribution in [-0.2, 0) is 18.9 Å². The number of rotatable bonds is 3. The summed E-state index contributed by atoms with van der Waals surface area (Å²) in [6.07, 6.45) is -0.559. The Bertz CT molecular complexity index is 283. The highest BCUT2D eigenvalue weighted by atomic mass is 16.7. The van der Waals surface area contributed by atoms with Crippen LogP contribution in [0.1, 0.15) is 20.8 Å². The fourth-order valence-corrected chi connectivity index (χ4v) is 3.12. The van der Waals surface area contributed by atoms with Crippen molar-refractivity contribution >= 4 is 7.85 Å². The summed E-state index contributed by atoms with van der Waals surface area (Å²) in [5.41, 5.74) is -1.11. The average molecular weight is 226 g/mol. The van der Waals surface area contributed by atoms with Gasteiger partial charge in [0.2, 0.25) is 0 Å². The fraction of sp³-hybridized carbons (Fsp3) is 1.00. The van der Waals surface area contributed by atoms with Crippen LogP contribution in [0.2, 0.25) is 0 Å². The molecule has 2 aliphatic heterocycles. The van der Waals surface area contributed by atoms with Crippen LogP contribution in [0.4, 0.5) is 0 Å². The number of ether oxygens (including phenoxy) is 4. The number of hydrogen-bond donors (Lipinski definition) is 0. The molecule has 2 radical (unpaired) electrons. The zero-order valence-corrected chi connectivity index (χ0v) is 10.5. The van der Waals surface area contributed by atoms with Gasteiger partial charge in [-0.05, 0) is 20.8 Å². The molecule has 0 aromatic rings. The monoisotopic (exact) mass is 226 g/mol. The molecule has 2 aliphatic rings.